The average molecular weight is 395 g/mol. The second-order valence-electron chi connectivity index (χ2n) is 5.26. The Hall–Kier alpha value is -2.70. The van der Waals surface area contributed by atoms with Crippen LogP contribution in [0.25, 0.3) is 11.0 Å². The second-order valence-corrected chi connectivity index (χ2v) is 6.10. The van der Waals surface area contributed by atoms with Crippen LogP contribution in [0.5, 0.6) is 17.2 Å². The highest BCUT2D eigenvalue weighted by molar-refractivity contribution is 6.35. The molecule has 0 aliphatic heterocycles. The predicted molar refractivity (Wildman–Crippen MR) is 96.8 cm³/mol. The van der Waals surface area contributed by atoms with E-state index in [9.17, 15) is 9.59 Å². The topological polar surface area (TPSA) is 86.0 Å². The van der Waals surface area contributed by atoms with Gasteiger partial charge in [0, 0.05) is 11.1 Å². The van der Waals surface area contributed by atoms with Gasteiger partial charge in [-0.05, 0) is 30.3 Å². The van der Waals surface area contributed by atoms with Crippen LogP contribution in [-0.2, 0) is 4.79 Å². The second kappa shape index (κ2) is 7.68. The fraction of sp³-hybridized carbons (Fsp3) is 0.111. The molecule has 0 unspecified atom stereocenters. The van der Waals surface area contributed by atoms with E-state index < -0.39 is 5.97 Å². The molecule has 0 saturated carbocycles. The summed E-state index contributed by atoms with van der Waals surface area (Å²) in [7, 11) is 0. The van der Waals surface area contributed by atoms with Crippen LogP contribution in [-0.4, -0.2) is 17.7 Å². The van der Waals surface area contributed by atoms with Crippen molar-refractivity contribution in [3.63, 3.8) is 0 Å². The summed E-state index contributed by atoms with van der Waals surface area (Å²) in [5.74, 6) is -0.311. The first-order valence-electron chi connectivity index (χ1n) is 7.47. The molecule has 2 aromatic carbocycles. The number of hydrogen-bond acceptors (Lipinski definition) is 5. The Bertz CT molecular complexity index is 1030. The summed E-state index contributed by atoms with van der Waals surface area (Å²) in [5, 5.41) is 9.62. The van der Waals surface area contributed by atoms with E-state index in [1.54, 1.807) is 18.2 Å². The fourth-order valence-corrected chi connectivity index (χ4v) is 2.63. The number of benzene rings is 2. The van der Waals surface area contributed by atoms with E-state index in [0.29, 0.717) is 10.8 Å². The molecule has 0 aliphatic rings. The first-order chi connectivity index (χ1) is 12.4. The Labute approximate surface area is 157 Å². The van der Waals surface area contributed by atoms with Crippen molar-refractivity contribution in [3.05, 3.63) is 62.9 Å². The van der Waals surface area contributed by atoms with Gasteiger partial charge in [0.05, 0.1) is 23.4 Å². The summed E-state index contributed by atoms with van der Waals surface area (Å²) in [6.07, 6.45) is 1.05. The average Bonchev–Trinajstić information content (AvgIpc) is 2.59. The smallest absolute Gasteiger partial charge is 0.306 e. The predicted octanol–water partition coefficient (Wildman–Crippen LogP) is 4.75. The molecule has 0 amide bonds. The molecule has 0 atom stereocenters. The molecular formula is C18H12Cl2O6. The third-order valence-electron chi connectivity index (χ3n) is 3.41. The molecule has 3 rings (SSSR count). The van der Waals surface area contributed by atoms with Gasteiger partial charge in [-0.3, -0.25) is 9.59 Å². The lowest BCUT2D eigenvalue weighted by atomic mass is 10.2. The van der Waals surface area contributed by atoms with Crippen LogP contribution < -0.4 is 14.9 Å². The zero-order valence-electron chi connectivity index (χ0n) is 13.2. The molecule has 0 spiro atoms. The Morgan fingerprint density at radius 2 is 1.92 bits per heavy atom. The van der Waals surface area contributed by atoms with Crippen molar-refractivity contribution in [1.29, 1.82) is 0 Å². The van der Waals surface area contributed by atoms with E-state index in [4.69, 9.17) is 42.2 Å². The molecule has 134 valence electrons. The maximum atomic E-state index is 12.6. The number of carbonyl (C=O) groups is 1. The van der Waals surface area contributed by atoms with Crippen molar-refractivity contribution in [3.8, 4) is 17.2 Å². The van der Waals surface area contributed by atoms with E-state index >= 15 is 0 Å². The third kappa shape index (κ3) is 4.09. The maximum absolute atomic E-state index is 12.6. The Balaban J connectivity index is 1.86. The van der Waals surface area contributed by atoms with E-state index in [0.717, 1.165) is 0 Å². The minimum atomic E-state index is -0.958. The van der Waals surface area contributed by atoms with Crippen LogP contribution in [0.4, 0.5) is 0 Å². The molecule has 1 aromatic heterocycles. The Morgan fingerprint density at radius 1 is 1.12 bits per heavy atom. The van der Waals surface area contributed by atoms with Gasteiger partial charge in [0.2, 0.25) is 11.2 Å². The SMILES string of the molecule is O=C(O)CCOc1ccc2c(=O)c(Oc3ccc(Cl)cc3Cl)coc2c1. The van der Waals surface area contributed by atoms with Crippen LogP contribution in [0.15, 0.2) is 51.9 Å². The number of carboxylic acid groups (broad SMARTS) is 1. The molecule has 3 aromatic rings. The third-order valence-corrected chi connectivity index (χ3v) is 3.94. The summed E-state index contributed by atoms with van der Waals surface area (Å²) in [6.45, 7) is 0.0152. The van der Waals surface area contributed by atoms with Gasteiger partial charge in [-0.2, -0.15) is 0 Å². The molecule has 0 radical (unpaired) electrons. The highest BCUT2D eigenvalue weighted by atomic mass is 35.5. The summed E-state index contributed by atoms with van der Waals surface area (Å²) in [6, 6.07) is 9.23. The summed E-state index contributed by atoms with van der Waals surface area (Å²) in [4.78, 5) is 23.1. The van der Waals surface area contributed by atoms with Gasteiger partial charge in [-0.25, -0.2) is 0 Å². The standard InChI is InChI=1S/C18H12Cl2O6/c19-10-1-4-14(13(20)7-10)26-16-9-25-15-8-11(24-6-5-17(21)22)2-3-12(15)18(16)23/h1-4,7-9H,5-6H2,(H,21,22). The van der Waals surface area contributed by atoms with E-state index in [1.165, 1.54) is 24.5 Å². The lowest BCUT2D eigenvalue weighted by molar-refractivity contribution is -0.137. The van der Waals surface area contributed by atoms with Crippen molar-refractivity contribution >= 4 is 40.1 Å². The van der Waals surface area contributed by atoms with Gasteiger partial charge in [0.15, 0.2) is 0 Å². The van der Waals surface area contributed by atoms with Gasteiger partial charge >= 0.3 is 5.97 Å². The zero-order chi connectivity index (χ0) is 18.7. The Kier molecular flexibility index (Phi) is 5.35. The van der Waals surface area contributed by atoms with Crippen LogP contribution in [0, 0.1) is 0 Å². The minimum Gasteiger partial charge on any atom is -0.493 e. The molecule has 0 fully saturated rings. The molecule has 0 saturated heterocycles. The number of aliphatic carboxylic acids is 1. The number of hydrogen-bond donors (Lipinski definition) is 1. The summed E-state index contributed by atoms with van der Waals surface area (Å²) < 4.78 is 16.3. The Morgan fingerprint density at radius 3 is 2.65 bits per heavy atom. The molecule has 6 nitrogen and oxygen atoms in total. The molecular weight excluding hydrogens is 383 g/mol. The largest absolute Gasteiger partial charge is 0.493 e. The van der Waals surface area contributed by atoms with Gasteiger partial charge in [-0.15, -0.1) is 0 Å². The number of halogens is 2. The number of carboxylic acids is 1. The quantitative estimate of drug-likeness (QED) is 0.649. The van der Waals surface area contributed by atoms with E-state index in [2.05, 4.69) is 0 Å². The zero-order valence-corrected chi connectivity index (χ0v) is 14.7. The summed E-state index contributed by atoms with van der Waals surface area (Å²) >= 11 is 11.9. The lowest BCUT2D eigenvalue weighted by Gasteiger charge is -2.08. The van der Waals surface area contributed by atoms with Crippen molar-refractivity contribution in [1.82, 2.24) is 0 Å². The maximum Gasteiger partial charge on any atom is 0.306 e. The highest BCUT2D eigenvalue weighted by Crippen LogP contribution is 2.31. The molecule has 0 aliphatic carbocycles. The molecule has 1 N–H and O–H groups in total. The first-order valence-corrected chi connectivity index (χ1v) is 8.22. The minimum absolute atomic E-state index is 0.0152. The molecule has 8 heteroatoms. The fourth-order valence-electron chi connectivity index (χ4n) is 2.18. The lowest BCUT2D eigenvalue weighted by Crippen LogP contribution is -2.06. The molecule has 0 bridgehead atoms. The number of rotatable bonds is 6. The van der Waals surface area contributed by atoms with Crippen molar-refractivity contribution in [2.45, 2.75) is 6.42 Å². The monoisotopic (exact) mass is 394 g/mol. The number of ether oxygens (including phenoxy) is 2. The van der Waals surface area contributed by atoms with Crippen molar-refractivity contribution in [2.75, 3.05) is 6.61 Å². The molecule has 1 heterocycles. The van der Waals surface area contributed by atoms with Crippen LogP contribution in [0.1, 0.15) is 6.42 Å². The summed E-state index contributed by atoms with van der Waals surface area (Å²) in [5.41, 5.74) is -0.0910. The van der Waals surface area contributed by atoms with E-state index in [-0.39, 0.29) is 45.9 Å². The van der Waals surface area contributed by atoms with Gasteiger partial charge < -0.3 is 19.0 Å². The normalized spacial score (nSPS) is 10.7. The van der Waals surface area contributed by atoms with Gasteiger partial charge in [-0.1, -0.05) is 23.2 Å². The van der Waals surface area contributed by atoms with Crippen molar-refractivity contribution < 1.29 is 23.8 Å². The van der Waals surface area contributed by atoms with Gasteiger partial charge in [0.25, 0.3) is 0 Å². The first kappa shape index (κ1) is 18.1. The van der Waals surface area contributed by atoms with Crippen LogP contribution in [0.2, 0.25) is 10.0 Å². The van der Waals surface area contributed by atoms with Gasteiger partial charge in [0.1, 0.15) is 23.3 Å². The number of fused-ring (bicyclic) bond motifs is 1. The van der Waals surface area contributed by atoms with Crippen molar-refractivity contribution in [2.24, 2.45) is 0 Å². The van der Waals surface area contributed by atoms with E-state index in [1.807, 2.05) is 0 Å². The van der Waals surface area contributed by atoms with Crippen LogP contribution in [0.3, 0.4) is 0 Å². The van der Waals surface area contributed by atoms with Crippen LogP contribution >= 0.6 is 23.2 Å². The highest BCUT2D eigenvalue weighted by Gasteiger charge is 2.12. The molecule has 26 heavy (non-hydrogen) atoms.